The summed E-state index contributed by atoms with van der Waals surface area (Å²) in [5.74, 6) is -1.53. The van der Waals surface area contributed by atoms with Gasteiger partial charge in [-0.25, -0.2) is 4.39 Å². The van der Waals surface area contributed by atoms with E-state index in [1.165, 1.54) is 0 Å². The number of esters is 1. The lowest BCUT2D eigenvalue weighted by atomic mass is 10.1. The standard InChI is InChI=1S/C14H22F6O2/c1-2-3-4-5-6-7-8-9-10-11(21)22-14(19,20)12(15)13(16,17)18/h12H,2-10H2,1H3. The molecule has 0 aromatic heterocycles. The summed E-state index contributed by atoms with van der Waals surface area (Å²) in [6.07, 6.45) is -8.93. The highest BCUT2D eigenvalue weighted by atomic mass is 19.4. The van der Waals surface area contributed by atoms with Crippen LogP contribution in [0.1, 0.15) is 64.7 Å². The van der Waals surface area contributed by atoms with Crippen molar-refractivity contribution in [3.05, 3.63) is 0 Å². The van der Waals surface area contributed by atoms with Crippen LogP contribution in [0.3, 0.4) is 0 Å². The summed E-state index contributed by atoms with van der Waals surface area (Å²) >= 11 is 0. The van der Waals surface area contributed by atoms with Crippen molar-refractivity contribution in [2.75, 3.05) is 0 Å². The molecule has 0 N–H and O–H groups in total. The van der Waals surface area contributed by atoms with Gasteiger partial charge in [0.05, 0.1) is 0 Å². The van der Waals surface area contributed by atoms with Crippen molar-refractivity contribution >= 4 is 5.97 Å². The average molecular weight is 336 g/mol. The third kappa shape index (κ3) is 9.15. The van der Waals surface area contributed by atoms with Crippen molar-refractivity contribution in [2.45, 2.75) is 83.2 Å². The molecule has 0 saturated heterocycles. The fraction of sp³-hybridized carbons (Fsp3) is 0.929. The van der Waals surface area contributed by atoms with Gasteiger partial charge >= 0.3 is 18.3 Å². The molecule has 0 aliphatic rings. The fourth-order valence-corrected chi connectivity index (χ4v) is 1.85. The van der Waals surface area contributed by atoms with Crippen LogP contribution in [0.4, 0.5) is 26.3 Å². The van der Waals surface area contributed by atoms with Gasteiger partial charge in [0.1, 0.15) is 0 Å². The first-order valence-electron chi connectivity index (χ1n) is 7.41. The molecule has 0 aliphatic heterocycles. The van der Waals surface area contributed by atoms with Crippen molar-refractivity contribution < 1.29 is 35.9 Å². The number of halogens is 6. The zero-order chi connectivity index (χ0) is 17.2. The molecular formula is C14H22F6O2. The van der Waals surface area contributed by atoms with E-state index in [1.54, 1.807) is 0 Å². The first kappa shape index (κ1) is 21.0. The number of rotatable bonds is 11. The van der Waals surface area contributed by atoms with E-state index in [9.17, 15) is 31.1 Å². The topological polar surface area (TPSA) is 26.3 Å². The molecule has 0 radical (unpaired) electrons. The van der Waals surface area contributed by atoms with Crippen LogP contribution >= 0.6 is 0 Å². The van der Waals surface area contributed by atoms with Gasteiger partial charge in [0, 0.05) is 6.42 Å². The summed E-state index contributed by atoms with van der Waals surface area (Å²) in [6, 6.07) is 0. The smallest absolute Gasteiger partial charge is 0.398 e. The number of carbonyl (C=O) groups excluding carboxylic acids is 1. The Morgan fingerprint density at radius 1 is 0.909 bits per heavy atom. The summed E-state index contributed by atoms with van der Waals surface area (Å²) in [7, 11) is 0. The molecule has 0 aromatic rings. The zero-order valence-electron chi connectivity index (χ0n) is 12.5. The number of hydrogen-bond donors (Lipinski definition) is 0. The molecule has 0 bridgehead atoms. The third-order valence-electron chi connectivity index (χ3n) is 3.07. The van der Waals surface area contributed by atoms with Gasteiger partial charge in [-0.3, -0.25) is 4.79 Å². The van der Waals surface area contributed by atoms with E-state index in [2.05, 4.69) is 11.7 Å². The maximum Gasteiger partial charge on any atom is 0.441 e. The molecular weight excluding hydrogens is 314 g/mol. The molecule has 0 fully saturated rings. The molecule has 1 atom stereocenters. The highest BCUT2D eigenvalue weighted by Gasteiger charge is 2.59. The van der Waals surface area contributed by atoms with E-state index < -0.39 is 30.8 Å². The molecule has 0 saturated carbocycles. The van der Waals surface area contributed by atoms with Crippen LogP contribution in [0.5, 0.6) is 0 Å². The molecule has 132 valence electrons. The molecule has 0 aromatic carbocycles. The van der Waals surface area contributed by atoms with E-state index in [4.69, 9.17) is 0 Å². The van der Waals surface area contributed by atoms with Crippen molar-refractivity contribution in [1.82, 2.24) is 0 Å². The van der Waals surface area contributed by atoms with Crippen molar-refractivity contribution in [1.29, 1.82) is 0 Å². The Balaban J connectivity index is 3.85. The summed E-state index contributed by atoms with van der Waals surface area (Å²) in [5, 5.41) is 0. The van der Waals surface area contributed by atoms with Gasteiger partial charge in [0.15, 0.2) is 0 Å². The Bertz CT molecular complexity index is 317. The van der Waals surface area contributed by atoms with E-state index in [0.29, 0.717) is 6.42 Å². The van der Waals surface area contributed by atoms with Crippen LogP contribution < -0.4 is 0 Å². The normalized spacial score (nSPS) is 14.0. The van der Waals surface area contributed by atoms with Crippen molar-refractivity contribution in [3.63, 3.8) is 0 Å². The van der Waals surface area contributed by atoms with E-state index >= 15 is 0 Å². The molecule has 0 heterocycles. The second-order valence-corrected chi connectivity index (χ2v) is 5.16. The minimum absolute atomic E-state index is 0.228. The van der Waals surface area contributed by atoms with Gasteiger partial charge in [-0.05, 0) is 6.42 Å². The predicted molar refractivity (Wildman–Crippen MR) is 69.2 cm³/mol. The van der Waals surface area contributed by atoms with Crippen LogP contribution in [0.2, 0.25) is 0 Å². The second kappa shape index (κ2) is 9.94. The van der Waals surface area contributed by atoms with Gasteiger partial charge in [-0.2, -0.15) is 22.0 Å². The number of hydrogen-bond acceptors (Lipinski definition) is 2. The zero-order valence-corrected chi connectivity index (χ0v) is 12.5. The Hall–Kier alpha value is -0.950. The number of carbonyl (C=O) groups is 1. The minimum atomic E-state index is -5.78. The molecule has 0 amide bonds. The summed E-state index contributed by atoms with van der Waals surface area (Å²) in [4.78, 5) is 11.0. The SMILES string of the molecule is CCCCCCCCCCC(=O)OC(F)(F)C(F)C(F)(F)F. The van der Waals surface area contributed by atoms with Crippen LogP contribution in [0, 0.1) is 0 Å². The largest absolute Gasteiger partial charge is 0.441 e. The van der Waals surface area contributed by atoms with Crippen LogP contribution in [-0.2, 0) is 9.53 Å². The average Bonchev–Trinajstić information content (AvgIpc) is 2.39. The summed E-state index contributed by atoms with van der Waals surface area (Å²) in [6.45, 7) is 2.09. The fourth-order valence-electron chi connectivity index (χ4n) is 1.85. The Morgan fingerprint density at radius 3 is 1.82 bits per heavy atom. The molecule has 0 aliphatic carbocycles. The Kier molecular flexibility index (Phi) is 9.51. The number of unbranched alkanes of at least 4 members (excludes halogenated alkanes) is 7. The molecule has 2 nitrogen and oxygen atoms in total. The first-order valence-corrected chi connectivity index (χ1v) is 7.41. The van der Waals surface area contributed by atoms with Gasteiger partial charge < -0.3 is 4.74 Å². The quantitative estimate of drug-likeness (QED) is 0.281. The molecule has 8 heteroatoms. The number of ether oxygens (including phenoxy) is 1. The predicted octanol–water partition coefficient (Wildman–Crippen LogP) is 5.55. The monoisotopic (exact) mass is 336 g/mol. The lowest BCUT2D eigenvalue weighted by Gasteiger charge is -2.21. The maximum absolute atomic E-state index is 12.8. The van der Waals surface area contributed by atoms with E-state index in [0.717, 1.165) is 38.5 Å². The third-order valence-corrected chi connectivity index (χ3v) is 3.07. The Labute approximate surface area is 126 Å². The number of alkyl halides is 6. The van der Waals surface area contributed by atoms with Crippen LogP contribution in [0.15, 0.2) is 0 Å². The van der Waals surface area contributed by atoms with Gasteiger partial charge in [0.2, 0.25) is 0 Å². The Morgan fingerprint density at radius 2 is 1.36 bits per heavy atom. The molecule has 1 unspecified atom stereocenters. The lowest BCUT2D eigenvalue weighted by molar-refractivity contribution is -0.322. The van der Waals surface area contributed by atoms with Gasteiger partial charge in [0.25, 0.3) is 6.17 Å². The second-order valence-electron chi connectivity index (χ2n) is 5.16. The highest BCUT2D eigenvalue weighted by molar-refractivity contribution is 5.69. The van der Waals surface area contributed by atoms with Gasteiger partial charge in [-0.15, -0.1) is 0 Å². The molecule has 0 spiro atoms. The molecule has 22 heavy (non-hydrogen) atoms. The van der Waals surface area contributed by atoms with Crippen LogP contribution in [0.25, 0.3) is 0 Å². The van der Waals surface area contributed by atoms with Crippen molar-refractivity contribution in [2.24, 2.45) is 0 Å². The van der Waals surface area contributed by atoms with E-state index in [1.807, 2.05) is 0 Å². The summed E-state index contributed by atoms with van der Waals surface area (Å²) in [5.41, 5.74) is 0. The lowest BCUT2D eigenvalue weighted by Crippen LogP contribution is -2.44. The van der Waals surface area contributed by atoms with Gasteiger partial charge in [-0.1, -0.05) is 51.9 Å². The minimum Gasteiger partial charge on any atom is -0.398 e. The first-order chi connectivity index (χ1) is 10.1. The summed E-state index contributed by atoms with van der Waals surface area (Å²) < 4.78 is 76.8. The highest BCUT2D eigenvalue weighted by Crippen LogP contribution is 2.35. The molecule has 0 rings (SSSR count). The van der Waals surface area contributed by atoms with Crippen LogP contribution in [-0.4, -0.2) is 24.4 Å². The van der Waals surface area contributed by atoms with E-state index in [-0.39, 0.29) is 6.42 Å². The maximum atomic E-state index is 12.8. The van der Waals surface area contributed by atoms with Crippen molar-refractivity contribution in [3.8, 4) is 0 Å².